The Kier molecular flexibility index (Phi) is 5.94. The largest absolute Gasteiger partial charge is 0.395 e. The first-order valence-electron chi connectivity index (χ1n) is 8.69. The summed E-state index contributed by atoms with van der Waals surface area (Å²) in [6.45, 7) is 4.43. The molecule has 2 atom stereocenters. The average molecular weight is 338 g/mol. The summed E-state index contributed by atoms with van der Waals surface area (Å²) in [5.41, 5.74) is 1.34. The van der Waals surface area contributed by atoms with Crippen molar-refractivity contribution < 1.29 is 5.11 Å². The molecule has 0 bridgehead atoms. The van der Waals surface area contributed by atoms with E-state index in [1.807, 2.05) is 12.1 Å². The molecule has 128 valence electrons. The number of piperidine rings is 1. The SMILES string of the molecule is CN1C[C@H](Cc2ccc(Cl)cc2)N(C2CCNCC2)C[C@@H]1CO. The third-order valence-electron chi connectivity index (χ3n) is 5.39. The highest BCUT2D eigenvalue weighted by Gasteiger charge is 2.35. The molecule has 0 amide bonds. The summed E-state index contributed by atoms with van der Waals surface area (Å²) < 4.78 is 0. The number of piperazine rings is 1. The van der Waals surface area contributed by atoms with Gasteiger partial charge in [0, 0.05) is 36.2 Å². The van der Waals surface area contributed by atoms with Gasteiger partial charge in [-0.1, -0.05) is 23.7 Å². The molecule has 1 aromatic rings. The molecule has 0 radical (unpaired) electrons. The van der Waals surface area contributed by atoms with Gasteiger partial charge in [-0.2, -0.15) is 0 Å². The molecule has 2 heterocycles. The van der Waals surface area contributed by atoms with Crippen molar-refractivity contribution in [2.45, 2.75) is 37.4 Å². The zero-order valence-electron chi connectivity index (χ0n) is 13.9. The van der Waals surface area contributed by atoms with Gasteiger partial charge in [-0.15, -0.1) is 0 Å². The van der Waals surface area contributed by atoms with E-state index in [-0.39, 0.29) is 12.6 Å². The molecular formula is C18H28ClN3O. The Labute approximate surface area is 144 Å². The Bertz CT molecular complexity index is 490. The molecular weight excluding hydrogens is 310 g/mol. The van der Waals surface area contributed by atoms with Gasteiger partial charge in [-0.3, -0.25) is 9.80 Å². The van der Waals surface area contributed by atoms with Crippen LogP contribution in [0.3, 0.4) is 0 Å². The van der Waals surface area contributed by atoms with E-state index in [4.69, 9.17) is 11.6 Å². The van der Waals surface area contributed by atoms with Crippen LogP contribution in [0.25, 0.3) is 0 Å². The Morgan fingerprint density at radius 3 is 2.48 bits per heavy atom. The normalized spacial score (nSPS) is 28.1. The number of likely N-dealkylation sites (N-methyl/N-ethyl adjacent to an activating group) is 1. The lowest BCUT2D eigenvalue weighted by Gasteiger charge is -2.49. The number of rotatable bonds is 4. The standard InChI is InChI=1S/C18H28ClN3O/c1-21-11-17(10-14-2-4-15(19)5-3-14)22(12-18(21)13-23)16-6-8-20-9-7-16/h2-5,16-18,20,23H,6-13H2,1H3/t17-,18+/m0/s1. The van der Waals surface area contributed by atoms with Crippen molar-refractivity contribution in [3.63, 3.8) is 0 Å². The van der Waals surface area contributed by atoms with E-state index in [0.717, 1.165) is 37.6 Å². The minimum absolute atomic E-state index is 0.242. The minimum Gasteiger partial charge on any atom is -0.395 e. The molecule has 5 heteroatoms. The molecule has 0 aliphatic carbocycles. The minimum atomic E-state index is 0.242. The number of hydrogen-bond donors (Lipinski definition) is 2. The zero-order chi connectivity index (χ0) is 16.2. The molecule has 0 unspecified atom stereocenters. The van der Waals surface area contributed by atoms with Crippen LogP contribution in [0, 0.1) is 0 Å². The summed E-state index contributed by atoms with van der Waals surface area (Å²) in [5.74, 6) is 0. The Balaban J connectivity index is 1.74. The second kappa shape index (κ2) is 7.95. The van der Waals surface area contributed by atoms with Gasteiger partial charge in [-0.25, -0.2) is 0 Å². The maximum Gasteiger partial charge on any atom is 0.0599 e. The average Bonchev–Trinajstić information content (AvgIpc) is 2.58. The number of aliphatic hydroxyl groups is 1. The van der Waals surface area contributed by atoms with Crippen molar-refractivity contribution in [1.82, 2.24) is 15.1 Å². The lowest BCUT2D eigenvalue weighted by atomic mass is 9.94. The van der Waals surface area contributed by atoms with E-state index in [9.17, 15) is 5.11 Å². The van der Waals surface area contributed by atoms with Gasteiger partial charge in [0.05, 0.1) is 6.61 Å². The first-order valence-corrected chi connectivity index (χ1v) is 9.07. The quantitative estimate of drug-likeness (QED) is 0.875. The molecule has 1 aromatic carbocycles. The van der Waals surface area contributed by atoms with Gasteiger partial charge in [0.15, 0.2) is 0 Å². The first kappa shape index (κ1) is 17.2. The molecule has 0 spiro atoms. The molecule has 4 nitrogen and oxygen atoms in total. The Morgan fingerprint density at radius 1 is 1.13 bits per heavy atom. The molecule has 23 heavy (non-hydrogen) atoms. The molecule has 2 N–H and O–H groups in total. The van der Waals surface area contributed by atoms with Gasteiger partial charge >= 0.3 is 0 Å². The van der Waals surface area contributed by atoms with Crippen LogP contribution in [0.2, 0.25) is 5.02 Å². The summed E-state index contributed by atoms with van der Waals surface area (Å²) in [4.78, 5) is 4.98. The molecule has 3 rings (SSSR count). The maximum absolute atomic E-state index is 9.69. The summed E-state index contributed by atoms with van der Waals surface area (Å²) >= 11 is 6.01. The molecule has 0 aromatic heterocycles. The maximum atomic E-state index is 9.69. The monoisotopic (exact) mass is 337 g/mol. The van der Waals surface area contributed by atoms with Gasteiger partial charge in [0.1, 0.15) is 0 Å². The van der Waals surface area contributed by atoms with Gasteiger partial charge in [0.2, 0.25) is 0 Å². The van der Waals surface area contributed by atoms with Crippen LogP contribution in [-0.2, 0) is 6.42 Å². The number of aliphatic hydroxyl groups excluding tert-OH is 1. The van der Waals surface area contributed by atoms with Crippen LogP contribution >= 0.6 is 11.6 Å². The lowest BCUT2D eigenvalue weighted by molar-refractivity contribution is -0.0120. The van der Waals surface area contributed by atoms with Crippen LogP contribution in [0.15, 0.2) is 24.3 Å². The van der Waals surface area contributed by atoms with Crippen molar-refractivity contribution in [1.29, 1.82) is 0 Å². The van der Waals surface area contributed by atoms with Crippen molar-refractivity contribution in [2.24, 2.45) is 0 Å². The predicted molar refractivity (Wildman–Crippen MR) is 95.0 cm³/mol. The van der Waals surface area contributed by atoms with Crippen LogP contribution < -0.4 is 5.32 Å². The van der Waals surface area contributed by atoms with E-state index in [1.54, 1.807) is 0 Å². The molecule has 2 fully saturated rings. The van der Waals surface area contributed by atoms with Gasteiger partial charge in [-0.05, 0) is 57.1 Å². The van der Waals surface area contributed by atoms with E-state index in [1.165, 1.54) is 18.4 Å². The highest BCUT2D eigenvalue weighted by Crippen LogP contribution is 2.24. The highest BCUT2D eigenvalue weighted by atomic mass is 35.5. The lowest BCUT2D eigenvalue weighted by Crippen LogP contribution is -2.62. The number of hydrogen-bond acceptors (Lipinski definition) is 4. The third-order valence-corrected chi connectivity index (χ3v) is 5.64. The summed E-state index contributed by atoms with van der Waals surface area (Å²) in [5, 5.41) is 13.9. The topological polar surface area (TPSA) is 38.7 Å². The smallest absolute Gasteiger partial charge is 0.0599 e. The highest BCUT2D eigenvalue weighted by molar-refractivity contribution is 6.30. The van der Waals surface area contributed by atoms with E-state index in [2.05, 4.69) is 34.3 Å². The second-order valence-electron chi connectivity index (χ2n) is 6.94. The number of halogens is 1. The molecule has 2 aliphatic heterocycles. The fraction of sp³-hybridized carbons (Fsp3) is 0.667. The summed E-state index contributed by atoms with van der Waals surface area (Å²) in [7, 11) is 2.13. The Morgan fingerprint density at radius 2 is 1.83 bits per heavy atom. The van der Waals surface area contributed by atoms with Crippen molar-refractivity contribution in [3.8, 4) is 0 Å². The van der Waals surface area contributed by atoms with Crippen molar-refractivity contribution in [3.05, 3.63) is 34.9 Å². The fourth-order valence-corrected chi connectivity index (χ4v) is 4.10. The molecule has 2 saturated heterocycles. The van der Waals surface area contributed by atoms with Crippen LogP contribution in [0.1, 0.15) is 18.4 Å². The summed E-state index contributed by atoms with van der Waals surface area (Å²) in [6, 6.07) is 9.64. The molecule has 0 saturated carbocycles. The third kappa shape index (κ3) is 4.25. The number of benzene rings is 1. The fourth-order valence-electron chi connectivity index (χ4n) is 3.98. The van der Waals surface area contributed by atoms with E-state index < -0.39 is 0 Å². The van der Waals surface area contributed by atoms with Crippen molar-refractivity contribution >= 4 is 11.6 Å². The molecule has 2 aliphatic rings. The second-order valence-corrected chi connectivity index (χ2v) is 7.37. The first-order chi connectivity index (χ1) is 11.2. The zero-order valence-corrected chi connectivity index (χ0v) is 14.7. The van der Waals surface area contributed by atoms with Crippen LogP contribution in [0.5, 0.6) is 0 Å². The Hall–Kier alpha value is -0.650. The predicted octanol–water partition coefficient (Wildman–Crippen LogP) is 1.61. The van der Waals surface area contributed by atoms with Crippen molar-refractivity contribution in [2.75, 3.05) is 39.8 Å². The van der Waals surface area contributed by atoms with Gasteiger partial charge in [0.25, 0.3) is 0 Å². The summed E-state index contributed by atoms with van der Waals surface area (Å²) in [6.07, 6.45) is 3.46. The van der Waals surface area contributed by atoms with Crippen LogP contribution in [-0.4, -0.2) is 72.9 Å². The van der Waals surface area contributed by atoms with Gasteiger partial charge < -0.3 is 10.4 Å². The number of nitrogens with zero attached hydrogens (tertiary/aromatic N) is 2. The van der Waals surface area contributed by atoms with Crippen LogP contribution in [0.4, 0.5) is 0 Å². The number of nitrogens with one attached hydrogen (secondary N) is 1. The van der Waals surface area contributed by atoms with E-state index >= 15 is 0 Å². The van der Waals surface area contributed by atoms with E-state index in [0.29, 0.717) is 12.1 Å².